The third kappa shape index (κ3) is 4.39. The maximum Gasteiger partial charge on any atom is 0.237 e. The first-order valence-electron chi connectivity index (χ1n) is 9.42. The topological polar surface area (TPSA) is 64.6 Å². The summed E-state index contributed by atoms with van der Waals surface area (Å²) in [5.74, 6) is 1.95. The van der Waals surface area contributed by atoms with Crippen LogP contribution in [0.3, 0.4) is 0 Å². The van der Waals surface area contributed by atoms with Crippen LogP contribution in [0.25, 0.3) is 0 Å². The van der Waals surface area contributed by atoms with E-state index in [4.69, 9.17) is 4.98 Å². The van der Waals surface area contributed by atoms with Crippen LogP contribution < -0.4 is 15.1 Å². The number of rotatable bonds is 5. The van der Waals surface area contributed by atoms with Crippen LogP contribution in [-0.2, 0) is 4.79 Å². The predicted molar refractivity (Wildman–Crippen MR) is 100 cm³/mol. The molecule has 0 aromatic carbocycles. The van der Waals surface area contributed by atoms with Crippen molar-refractivity contribution in [1.29, 1.82) is 0 Å². The molecule has 0 radical (unpaired) electrons. The molecule has 0 aliphatic carbocycles. The summed E-state index contributed by atoms with van der Waals surface area (Å²) in [6, 6.07) is 2.09. The molecular weight excluding hydrogens is 316 g/mol. The number of carbonyl (C=O) groups is 1. The van der Waals surface area contributed by atoms with E-state index >= 15 is 0 Å². The van der Waals surface area contributed by atoms with Crippen LogP contribution in [0.1, 0.15) is 33.6 Å². The van der Waals surface area contributed by atoms with Gasteiger partial charge < -0.3 is 15.1 Å². The molecule has 1 aromatic rings. The van der Waals surface area contributed by atoms with Gasteiger partial charge in [0.2, 0.25) is 11.9 Å². The minimum atomic E-state index is -0.0959. The first-order valence-corrected chi connectivity index (χ1v) is 9.42. The van der Waals surface area contributed by atoms with Crippen molar-refractivity contribution in [3.63, 3.8) is 0 Å². The molecule has 2 fully saturated rings. The van der Waals surface area contributed by atoms with Gasteiger partial charge >= 0.3 is 0 Å². The van der Waals surface area contributed by atoms with E-state index in [1.165, 1.54) is 12.8 Å². The van der Waals surface area contributed by atoms with Gasteiger partial charge in [-0.2, -0.15) is 4.98 Å². The number of hydrogen-bond donors (Lipinski definition) is 1. The Labute approximate surface area is 150 Å². The van der Waals surface area contributed by atoms with Gasteiger partial charge in [0, 0.05) is 51.5 Å². The van der Waals surface area contributed by atoms with Crippen molar-refractivity contribution >= 4 is 17.7 Å². The Kier molecular flexibility index (Phi) is 5.73. The molecule has 2 saturated heterocycles. The van der Waals surface area contributed by atoms with Gasteiger partial charge in [0.25, 0.3) is 0 Å². The van der Waals surface area contributed by atoms with Crippen LogP contribution in [0, 0.1) is 0 Å². The summed E-state index contributed by atoms with van der Waals surface area (Å²) in [5, 5.41) is 3.00. The van der Waals surface area contributed by atoms with Gasteiger partial charge in [0.1, 0.15) is 5.82 Å². The summed E-state index contributed by atoms with van der Waals surface area (Å²) < 4.78 is 0. The third-order valence-corrected chi connectivity index (χ3v) is 5.01. The highest BCUT2D eigenvalue weighted by Crippen LogP contribution is 2.20. The first kappa shape index (κ1) is 17.9. The summed E-state index contributed by atoms with van der Waals surface area (Å²) in [4.78, 5) is 28.2. The van der Waals surface area contributed by atoms with Gasteiger partial charge in [0.15, 0.2) is 0 Å². The number of amides is 1. The largest absolute Gasteiger partial charge is 0.356 e. The molecule has 0 unspecified atom stereocenters. The summed E-state index contributed by atoms with van der Waals surface area (Å²) in [6.45, 7) is 11.6. The molecule has 1 amide bonds. The van der Waals surface area contributed by atoms with E-state index in [1.54, 1.807) is 0 Å². The average molecular weight is 346 g/mol. The minimum Gasteiger partial charge on any atom is -0.356 e. The van der Waals surface area contributed by atoms with Crippen molar-refractivity contribution in [3.05, 3.63) is 12.3 Å². The maximum absolute atomic E-state index is 12.2. The van der Waals surface area contributed by atoms with Crippen LogP contribution in [0.2, 0.25) is 0 Å². The second-order valence-corrected chi connectivity index (χ2v) is 7.27. The van der Waals surface area contributed by atoms with Gasteiger partial charge in [-0.1, -0.05) is 0 Å². The quantitative estimate of drug-likeness (QED) is 0.862. The Morgan fingerprint density at radius 1 is 1.04 bits per heavy atom. The lowest BCUT2D eigenvalue weighted by Crippen LogP contribution is -2.54. The van der Waals surface area contributed by atoms with Crippen LogP contribution in [0.5, 0.6) is 0 Å². The lowest BCUT2D eigenvalue weighted by Gasteiger charge is -2.37. The summed E-state index contributed by atoms with van der Waals surface area (Å²) in [7, 11) is 0. The van der Waals surface area contributed by atoms with Crippen LogP contribution >= 0.6 is 0 Å². The molecule has 1 aromatic heterocycles. The highest BCUT2D eigenvalue weighted by molar-refractivity contribution is 5.81. The van der Waals surface area contributed by atoms with Crippen molar-refractivity contribution in [3.8, 4) is 0 Å². The third-order valence-electron chi connectivity index (χ3n) is 5.01. The van der Waals surface area contributed by atoms with Gasteiger partial charge in [0.05, 0.1) is 6.04 Å². The maximum atomic E-state index is 12.2. The number of nitrogens with zero attached hydrogens (tertiary/aromatic N) is 5. The standard InChI is InChI=1S/C18H30N6O/c1-14(2)20-17(25)15(3)22-10-12-24(13-11-22)18-19-7-6-16(21-18)23-8-4-5-9-23/h6-7,14-15H,4-5,8-13H2,1-3H3,(H,20,25)/t15-/m1/s1. The lowest BCUT2D eigenvalue weighted by molar-refractivity contribution is -0.126. The molecule has 7 heteroatoms. The fourth-order valence-electron chi connectivity index (χ4n) is 3.49. The molecule has 7 nitrogen and oxygen atoms in total. The molecule has 3 heterocycles. The number of aromatic nitrogens is 2. The van der Waals surface area contributed by atoms with Crippen molar-refractivity contribution in [1.82, 2.24) is 20.2 Å². The number of hydrogen-bond acceptors (Lipinski definition) is 6. The highest BCUT2D eigenvalue weighted by Gasteiger charge is 2.27. The van der Waals surface area contributed by atoms with E-state index in [1.807, 2.05) is 33.0 Å². The van der Waals surface area contributed by atoms with Crippen molar-refractivity contribution in [2.75, 3.05) is 49.1 Å². The minimum absolute atomic E-state index is 0.0959. The van der Waals surface area contributed by atoms with Gasteiger partial charge in [-0.25, -0.2) is 4.98 Å². The predicted octanol–water partition coefficient (Wildman–Crippen LogP) is 1.11. The SMILES string of the molecule is CC(C)NC(=O)[C@@H](C)N1CCN(c2nccc(N3CCCC3)n2)CC1. The van der Waals surface area contributed by atoms with E-state index < -0.39 is 0 Å². The molecule has 0 spiro atoms. The van der Waals surface area contributed by atoms with Crippen LogP contribution in [0.15, 0.2) is 12.3 Å². The van der Waals surface area contributed by atoms with Gasteiger partial charge in [-0.15, -0.1) is 0 Å². The molecule has 138 valence electrons. The first-order chi connectivity index (χ1) is 12.0. The Morgan fingerprint density at radius 3 is 2.36 bits per heavy atom. The lowest BCUT2D eigenvalue weighted by atomic mass is 10.2. The smallest absolute Gasteiger partial charge is 0.237 e. The Hall–Kier alpha value is -1.89. The van der Waals surface area contributed by atoms with Gasteiger partial charge in [-0.05, 0) is 39.7 Å². The van der Waals surface area contributed by atoms with E-state index in [-0.39, 0.29) is 18.0 Å². The molecule has 2 aliphatic rings. The van der Waals surface area contributed by atoms with Crippen molar-refractivity contribution < 1.29 is 4.79 Å². The molecule has 0 saturated carbocycles. The zero-order chi connectivity index (χ0) is 17.8. The summed E-state index contributed by atoms with van der Waals surface area (Å²) in [6.07, 6.45) is 4.35. The van der Waals surface area contributed by atoms with Crippen molar-refractivity contribution in [2.24, 2.45) is 0 Å². The molecule has 25 heavy (non-hydrogen) atoms. The molecule has 0 bridgehead atoms. The summed E-state index contributed by atoms with van der Waals surface area (Å²) >= 11 is 0. The Balaban J connectivity index is 1.57. The summed E-state index contributed by atoms with van der Waals surface area (Å²) in [5.41, 5.74) is 0. The molecule has 2 aliphatic heterocycles. The zero-order valence-corrected chi connectivity index (χ0v) is 15.6. The monoisotopic (exact) mass is 346 g/mol. The average Bonchev–Trinajstić information content (AvgIpc) is 3.15. The second-order valence-electron chi connectivity index (χ2n) is 7.27. The normalized spacial score (nSPS) is 20.2. The molecule has 1 N–H and O–H groups in total. The van der Waals surface area contributed by atoms with Crippen molar-refractivity contribution in [2.45, 2.75) is 45.7 Å². The van der Waals surface area contributed by atoms with Gasteiger partial charge in [-0.3, -0.25) is 9.69 Å². The van der Waals surface area contributed by atoms with E-state index in [2.05, 4.69) is 25.0 Å². The number of carbonyl (C=O) groups excluding carboxylic acids is 1. The highest BCUT2D eigenvalue weighted by atomic mass is 16.2. The fraction of sp³-hybridized carbons (Fsp3) is 0.722. The van der Waals surface area contributed by atoms with Crippen LogP contribution in [-0.4, -0.2) is 72.1 Å². The molecule has 3 rings (SSSR count). The van der Waals surface area contributed by atoms with E-state index in [9.17, 15) is 4.79 Å². The Bertz CT molecular complexity index is 579. The number of nitrogens with one attached hydrogen (secondary N) is 1. The molecule has 1 atom stereocenters. The zero-order valence-electron chi connectivity index (χ0n) is 15.6. The fourth-order valence-corrected chi connectivity index (χ4v) is 3.49. The molecular formula is C18H30N6O. The van der Waals surface area contributed by atoms with E-state index in [0.717, 1.165) is 51.0 Å². The Morgan fingerprint density at radius 2 is 1.72 bits per heavy atom. The number of anilines is 2. The number of piperazine rings is 1. The second kappa shape index (κ2) is 7.99. The van der Waals surface area contributed by atoms with E-state index in [0.29, 0.717) is 0 Å². The van der Waals surface area contributed by atoms with Crippen LogP contribution in [0.4, 0.5) is 11.8 Å².